The molecular formula is C15H23NO2. The van der Waals surface area contributed by atoms with Crippen molar-refractivity contribution in [2.45, 2.75) is 32.7 Å². The van der Waals surface area contributed by atoms with Crippen LogP contribution in [-0.2, 0) is 11.2 Å². The van der Waals surface area contributed by atoms with E-state index in [4.69, 9.17) is 5.11 Å². The highest BCUT2D eigenvalue weighted by molar-refractivity contribution is 5.69. The van der Waals surface area contributed by atoms with E-state index < -0.39 is 5.97 Å². The molecule has 2 atom stereocenters. The highest BCUT2D eigenvalue weighted by Gasteiger charge is 2.19. The summed E-state index contributed by atoms with van der Waals surface area (Å²) in [6.45, 7) is 4.50. The topological polar surface area (TPSA) is 40.5 Å². The van der Waals surface area contributed by atoms with Crippen LogP contribution in [0.5, 0.6) is 0 Å². The molecule has 0 radical (unpaired) electrons. The number of hydrogen-bond acceptors (Lipinski definition) is 2. The molecule has 0 heterocycles. The van der Waals surface area contributed by atoms with E-state index in [2.05, 4.69) is 24.0 Å². The van der Waals surface area contributed by atoms with Crippen molar-refractivity contribution in [3.05, 3.63) is 35.9 Å². The van der Waals surface area contributed by atoms with E-state index in [1.165, 1.54) is 5.56 Å². The van der Waals surface area contributed by atoms with Gasteiger partial charge in [-0.3, -0.25) is 4.79 Å². The van der Waals surface area contributed by atoms with Gasteiger partial charge in [-0.2, -0.15) is 0 Å². The van der Waals surface area contributed by atoms with Gasteiger partial charge in [0.2, 0.25) is 0 Å². The van der Waals surface area contributed by atoms with Crippen LogP contribution in [0.15, 0.2) is 30.3 Å². The van der Waals surface area contributed by atoms with Crippen molar-refractivity contribution in [3.63, 3.8) is 0 Å². The summed E-state index contributed by atoms with van der Waals surface area (Å²) in [6.07, 6.45) is 2.00. The van der Waals surface area contributed by atoms with Gasteiger partial charge in [0.15, 0.2) is 0 Å². The van der Waals surface area contributed by atoms with E-state index in [1.807, 2.05) is 25.2 Å². The Morgan fingerprint density at radius 1 is 1.33 bits per heavy atom. The number of rotatable bonds is 7. The van der Waals surface area contributed by atoms with Crippen molar-refractivity contribution in [2.75, 3.05) is 13.6 Å². The molecule has 0 saturated heterocycles. The highest BCUT2D eigenvalue weighted by atomic mass is 16.4. The lowest BCUT2D eigenvalue weighted by molar-refractivity contribution is -0.141. The van der Waals surface area contributed by atoms with E-state index in [0.717, 1.165) is 12.8 Å². The molecule has 0 aliphatic carbocycles. The van der Waals surface area contributed by atoms with Crippen molar-refractivity contribution in [1.29, 1.82) is 0 Å². The molecule has 0 amide bonds. The summed E-state index contributed by atoms with van der Waals surface area (Å²) in [6, 6.07) is 10.7. The van der Waals surface area contributed by atoms with Crippen molar-refractivity contribution >= 4 is 5.97 Å². The summed E-state index contributed by atoms with van der Waals surface area (Å²) in [5.74, 6) is -1.05. The molecule has 18 heavy (non-hydrogen) atoms. The lowest BCUT2D eigenvalue weighted by atomic mass is 10.0. The standard InChI is InChI=1S/C15H23NO2/c1-4-14(10-13-8-6-5-7-9-13)16(3)11-12(2)15(17)18/h5-9,12,14H,4,10-11H2,1-3H3,(H,17,18). The zero-order valence-electron chi connectivity index (χ0n) is 11.5. The molecule has 1 aromatic carbocycles. The minimum atomic E-state index is -0.726. The Bertz CT molecular complexity index is 364. The summed E-state index contributed by atoms with van der Waals surface area (Å²) in [5, 5.41) is 8.95. The third-order valence-corrected chi connectivity index (χ3v) is 3.39. The minimum absolute atomic E-state index is 0.320. The smallest absolute Gasteiger partial charge is 0.307 e. The van der Waals surface area contributed by atoms with E-state index in [-0.39, 0.29) is 5.92 Å². The van der Waals surface area contributed by atoms with Crippen LogP contribution in [0.2, 0.25) is 0 Å². The second kappa shape index (κ2) is 7.17. The van der Waals surface area contributed by atoms with E-state index >= 15 is 0 Å². The molecule has 0 aliphatic rings. The van der Waals surface area contributed by atoms with Gasteiger partial charge in [0.25, 0.3) is 0 Å². The highest BCUT2D eigenvalue weighted by Crippen LogP contribution is 2.12. The molecule has 100 valence electrons. The molecule has 0 fully saturated rings. The Kier molecular flexibility index (Phi) is 5.86. The number of carboxylic acid groups (broad SMARTS) is 1. The first kappa shape index (κ1) is 14.7. The van der Waals surface area contributed by atoms with Gasteiger partial charge in [-0.25, -0.2) is 0 Å². The molecule has 0 aliphatic heterocycles. The average molecular weight is 249 g/mol. The van der Waals surface area contributed by atoms with Crippen molar-refractivity contribution in [3.8, 4) is 0 Å². The zero-order valence-corrected chi connectivity index (χ0v) is 11.5. The summed E-state index contributed by atoms with van der Waals surface area (Å²) in [5.41, 5.74) is 1.30. The van der Waals surface area contributed by atoms with Gasteiger partial charge in [-0.05, 0) is 25.5 Å². The Labute approximate surface area is 109 Å². The van der Waals surface area contributed by atoms with Crippen LogP contribution in [0.3, 0.4) is 0 Å². The second-order valence-corrected chi connectivity index (χ2v) is 4.93. The summed E-state index contributed by atoms with van der Waals surface area (Å²) in [7, 11) is 2.01. The quantitative estimate of drug-likeness (QED) is 0.807. The molecule has 1 rings (SSSR count). The minimum Gasteiger partial charge on any atom is -0.481 e. The molecule has 1 N–H and O–H groups in total. The normalized spacial score (nSPS) is 14.4. The summed E-state index contributed by atoms with van der Waals surface area (Å²) < 4.78 is 0. The van der Waals surface area contributed by atoms with Gasteiger partial charge >= 0.3 is 5.97 Å². The van der Waals surface area contributed by atoms with Crippen LogP contribution >= 0.6 is 0 Å². The number of carboxylic acids is 1. The molecule has 0 aromatic heterocycles. The number of benzene rings is 1. The van der Waals surface area contributed by atoms with Crippen LogP contribution in [-0.4, -0.2) is 35.6 Å². The van der Waals surface area contributed by atoms with Crippen molar-refractivity contribution in [1.82, 2.24) is 4.90 Å². The lowest BCUT2D eigenvalue weighted by Crippen LogP contribution is -2.38. The van der Waals surface area contributed by atoms with Crippen LogP contribution in [0.1, 0.15) is 25.8 Å². The third-order valence-electron chi connectivity index (χ3n) is 3.39. The Balaban J connectivity index is 2.57. The van der Waals surface area contributed by atoms with Crippen LogP contribution in [0.25, 0.3) is 0 Å². The third kappa shape index (κ3) is 4.49. The monoisotopic (exact) mass is 249 g/mol. The molecule has 0 bridgehead atoms. The summed E-state index contributed by atoms with van der Waals surface area (Å²) in [4.78, 5) is 13.0. The van der Waals surface area contributed by atoms with Crippen molar-refractivity contribution in [2.24, 2.45) is 5.92 Å². The van der Waals surface area contributed by atoms with Gasteiger partial charge in [-0.15, -0.1) is 0 Å². The molecule has 1 aromatic rings. The fourth-order valence-electron chi connectivity index (χ4n) is 2.16. The van der Waals surface area contributed by atoms with Gasteiger partial charge in [0.1, 0.15) is 0 Å². The predicted octanol–water partition coefficient (Wildman–Crippen LogP) is 2.66. The maximum atomic E-state index is 10.9. The molecule has 0 spiro atoms. The largest absolute Gasteiger partial charge is 0.481 e. The number of likely N-dealkylation sites (N-methyl/N-ethyl adjacent to an activating group) is 1. The van der Waals surface area contributed by atoms with Gasteiger partial charge in [0, 0.05) is 12.6 Å². The van der Waals surface area contributed by atoms with E-state index in [0.29, 0.717) is 12.6 Å². The first-order valence-electron chi connectivity index (χ1n) is 6.51. The molecule has 0 saturated carbocycles. The van der Waals surface area contributed by atoms with Crippen molar-refractivity contribution < 1.29 is 9.90 Å². The second-order valence-electron chi connectivity index (χ2n) is 4.93. The van der Waals surface area contributed by atoms with E-state index in [9.17, 15) is 4.79 Å². The number of carbonyl (C=O) groups is 1. The maximum absolute atomic E-state index is 10.9. The number of aliphatic carboxylic acids is 1. The predicted molar refractivity (Wildman–Crippen MR) is 73.7 cm³/mol. The lowest BCUT2D eigenvalue weighted by Gasteiger charge is -2.28. The zero-order chi connectivity index (χ0) is 13.5. The van der Waals surface area contributed by atoms with Crippen LogP contribution < -0.4 is 0 Å². The molecule has 3 nitrogen and oxygen atoms in total. The SMILES string of the molecule is CCC(Cc1ccccc1)N(C)CC(C)C(=O)O. The summed E-state index contributed by atoms with van der Waals surface area (Å²) >= 11 is 0. The Hall–Kier alpha value is -1.35. The number of hydrogen-bond donors (Lipinski definition) is 1. The maximum Gasteiger partial charge on any atom is 0.307 e. The molecular weight excluding hydrogens is 226 g/mol. The average Bonchev–Trinajstić information content (AvgIpc) is 2.36. The first-order chi connectivity index (χ1) is 8.54. The molecule has 2 unspecified atom stereocenters. The van der Waals surface area contributed by atoms with Gasteiger partial charge < -0.3 is 10.0 Å². The van der Waals surface area contributed by atoms with E-state index in [1.54, 1.807) is 6.92 Å². The van der Waals surface area contributed by atoms with Gasteiger partial charge in [-0.1, -0.05) is 44.2 Å². The fraction of sp³-hybridized carbons (Fsp3) is 0.533. The molecule has 3 heteroatoms. The fourth-order valence-corrected chi connectivity index (χ4v) is 2.16. The van der Waals surface area contributed by atoms with Gasteiger partial charge in [0.05, 0.1) is 5.92 Å². The Morgan fingerprint density at radius 3 is 2.44 bits per heavy atom. The Morgan fingerprint density at radius 2 is 1.94 bits per heavy atom. The number of nitrogens with zero attached hydrogens (tertiary/aromatic N) is 1. The first-order valence-corrected chi connectivity index (χ1v) is 6.51. The van der Waals surface area contributed by atoms with Crippen LogP contribution in [0, 0.1) is 5.92 Å². The van der Waals surface area contributed by atoms with Crippen LogP contribution in [0.4, 0.5) is 0 Å².